The van der Waals surface area contributed by atoms with Crippen molar-refractivity contribution in [3.8, 4) is 0 Å². The zero-order chi connectivity index (χ0) is 18.4. The van der Waals surface area contributed by atoms with Crippen LogP contribution in [0.1, 0.15) is 44.0 Å². The van der Waals surface area contributed by atoms with Crippen LogP contribution in [0.5, 0.6) is 0 Å². The highest BCUT2D eigenvalue weighted by molar-refractivity contribution is 6.10. The van der Waals surface area contributed by atoms with Gasteiger partial charge in [0, 0.05) is 7.05 Å². The number of hydrogen-bond donors (Lipinski definition) is 2. The molecule has 0 radical (unpaired) electrons. The van der Waals surface area contributed by atoms with Crippen LogP contribution in [0.15, 0.2) is 0 Å². The van der Waals surface area contributed by atoms with Crippen LogP contribution in [0.3, 0.4) is 0 Å². The molecule has 136 valence electrons. The van der Waals surface area contributed by atoms with Gasteiger partial charge in [0.25, 0.3) is 5.91 Å². The van der Waals surface area contributed by atoms with Crippen LogP contribution in [0.2, 0.25) is 0 Å². The molecule has 8 heteroatoms. The van der Waals surface area contributed by atoms with Gasteiger partial charge in [0.15, 0.2) is 0 Å². The van der Waals surface area contributed by atoms with Gasteiger partial charge in [0.05, 0.1) is 17.1 Å². The molecule has 1 aromatic heterocycles. The maximum absolute atomic E-state index is 12.9. The summed E-state index contributed by atoms with van der Waals surface area (Å²) in [5, 5.41) is 9.88. The van der Waals surface area contributed by atoms with E-state index < -0.39 is 17.5 Å². The lowest BCUT2D eigenvalue weighted by atomic mass is 9.73. The van der Waals surface area contributed by atoms with E-state index in [1.54, 1.807) is 18.7 Å². The zero-order valence-electron chi connectivity index (χ0n) is 15.2. The van der Waals surface area contributed by atoms with Gasteiger partial charge in [0.2, 0.25) is 5.91 Å². The lowest BCUT2D eigenvalue weighted by molar-refractivity contribution is -0.136. The normalized spacial score (nSPS) is 26.2. The van der Waals surface area contributed by atoms with Crippen molar-refractivity contribution >= 4 is 23.5 Å². The Kier molecular flexibility index (Phi) is 4.30. The Hall–Kier alpha value is -2.38. The molecule has 2 heterocycles. The van der Waals surface area contributed by atoms with Crippen LogP contribution < -0.4 is 10.6 Å². The molecule has 2 atom stereocenters. The van der Waals surface area contributed by atoms with Crippen LogP contribution in [-0.4, -0.2) is 44.6 Å². The molecular formula is C17H25N5O3. The molecule has 4 amide bonds. The summed E-state index contributed by atoms with van der Waals surface area (Å²) in [7, 11) is 1.80. The van der Waals surface area contributed by atoms with E-state index in [0.29, 0.717) is 17.8 Å². The molecule has 1 aliphatic carbocycles. The first-order valence-corrected chi connectivity index (χ1v) is 8.70. The molecule has 25 heavy (non-hydrogen) atoms. The molecule has 2 fully saturated rings. The fourth-order valence-electron chi connectivity index (χ4n) is 3.92. The van der Waals surface area contributed by atoms with Crippen molar-refractivity contribution in [2.75, 3.05) is 11.9 Å². The molecule has 1 saturated carbocycles. The maximum atomic E-state index is 12.9. The lowest BCUT2D eigenvalue weighted by Crippen LogP contribution is -2.54. The minimum atomic E-state index is -0.838. The maximum Gasteiger partial charge on any atom is 0.325 e. The van der Waals surface area contributed by atoms with Gasteiger partial charge in [-0.2, -0.15) is 5.10 Å². The van der Waals surface area contributed by atoms with Crippen molar-refractivity contribution in [3.63, 3.8) is 0 Å². The van der Waals surface area contributed by atoms with Crippen molar-refractivity contribution in [1.82, 2.24) is 20.0 Å². The number of urea groups is 1. The molecule has 0 unspecified atom stereocenters. The van der Waals surface area contributed by atoms with E-state index in [1.807, 2.05) is 13.8 Å². The van der Waals surface area contributed by atoms with Crippen LogP contribution in [0, 0.1) is 19.8 Å². The third kappa shape index (κ3) is 2.79. The van der Waals surface area contributed by atoms with E-state index in [-0.39, 0.29) is 18.4 Å². The summed E-state index contributed by atoms with van der Waals surface area (Å²) in [5.74, 6) is -0.601. The van der Waals surface area contributed by atoms with Gasteiger partial charge in [-0.3, -0.25) is 19.2 Å². The molecule has 1 saturated heterocycles. The van der Waals surface area contributed by atoms with Crippen molar-refractivity contribution in [2.24, 2.45) is 13.0 Å². The largest absolute Gasteiger partial charge is 0.325 e. The molecule has 2 aliphatic rings. The monoisotopic (exact) mass is 347 g/mol. The molecule has 8 nitrogen and oxygen atoms in total. The second kappa shape index (κ2) is 6.16. The minimum Gasteiger partial charge on any atom is -0.323 e. The number of amides is 4. The first kappa shape index (κ1) is 17.4. The van der Waals surface area contributed by atoms with Gasteiger partial charge in [-0.25, -0.2) is 4.79 Å². The summed E-state index contributed by atoms with van der Waals surface area (Å²) in [5.41, 5.74) is 1.30. The van der Waals surface area contributed by atoms with Crippen molar-refractivity contribution in [2.45, 2.75) is 52.0 Å². The van der Waals surface area contributed by atoms with Crippen LogP contribution in [0.25, 0.3) is 0 Å². The number of aromatic nitrogens is 2. The Morgan fingerprint density at radius 2 is 2.08 bits per heavy atom. The fourth-order valence-corrected chi connectivity index (χ4v) is 3.92. The van der Waals surface area contributed by atoms with E-state index in [4.69, 9.17) is 0 Å². The minimum absolute atomic E-state index is 0.0774. The highest BCUT2D eigenvalue weighted by atomic mass is 16.2. The summed E-state index contributed by atoms with van der Waals surface area (Å²) in [4.78, 5) is 38.6. The number of carbonyl (C=O) groups excluding carboxylic acids is 3. The first-order chi connectivity index (χ1) is 11.8. The number of nitrogens with zero attached hydrogens (tertiary/aromatic N) is 3. The molecule has 1 spiro atoms. The summed E-state index contributed by atoms with van der Waals surface area (Å²) in [6, 6.07) is -0.478. The average Bonchev–Trinajstić information content (AvgIpc) is 2.93. The van der Waals surface area contributed by atoms with Crippen LogP contribution in [-0.2, 0) is 16.6 Å². The van der Waals surface area contributed by atoms with Gasteiger partial charge in [-0.05, 0) is 32.6 Å². The molecule has 3 rings (SSSR count). The first-order valence-electron chi connectivity index (χ1n) is 8.70. The second-order valence-corrected chi connectivity index (χ2v) is 7.16. The number of nitrogens with one attached hydrogen (secondary N) is 2. The third-order valence-electron chi connectivity index (χ3n) is 5.58. The van der Waals surface area contributed by atoms with E-state index in [2.05, 4.69) is 15.7 Å². The second-order valence-electron chi connectivity index (χ2n) is 7.16. The topological polar surface area (TPSA) is 96.3 Å². The third-order valence-corrected chi connectivity index (χ3v) is 5.58. The molecular weight excluding hydrogens is 322 g/mol. The van der Waals surface area contributed by atoms with Crippen molar-refractivity contribution in [1.29, 1.82) is 0 Å². The average molecular weight is 347 g/mol. The number of aryl methyl sites for hydroxylation is 2. The Morgan fingerprint density at radius 1 is 1.36 bits per heavy atom. The predicted octanol–water partition coefficient (Wildman–Crippen LogP) is 1.48. The standard InChI is InChI=1S/C17H25N5O3/c1-10-7-5-6-8-17(10)15(24)22(16(25)19-17)9-13(23)18-14-11(2)20-21(4)12(14)3/h10H,5-9H2,1-4H3,(H,18,23)(H,19,25)/t10-,17+/m1/s1. The zero-order valence-corrected chi connectivity index (χ0v) is 15.2. The summed E-state index contributed by atoms with van der Waals surface area (Å²) >= 11 is 0. The van der Waals surface area contributed by atoms with Gasteiger partial charge in [0.1, 0.15) is 12.1 Å². The van der Waals surface area contributed by atoms with Gasteiger partial charge in [-0.15, -0.1) is 0 Å². The van der Waals surface area contributed by atoms with Crippen LogP contribution in [0.4, 0.5) is 10.5 Å². The Labute approximate surface area is 146 Å². The van der Waals surface area contributed by atoms with Crippen LogP contribution >= 0.6 is 0 Å². The van der Waals surface area contributed by atoms with Crippen molar-refractivity contribution in [3.05, 3.63) is 11.4 Å². The number of anilines is 1. The lowest BCUT2D eigenvalue weighted by Gasteiger charge is -2.36. The smallest absolute Gasteiger partial charge is 0.323 e. The molecule has 0 bridgehead atoms. The van der Waals surface area contributed by atoms with E-state index in [0.717, 1.165) is 29.9 Å². The fraction of sp³-hybridized carbons (Fsp3) is 0.647. The summed E-state index contributed by atoms with van der Waals surface area (Å²) < 4.78 is 1.68. The predicted molar refractivity (Wildman–Crippen MR) is 91.9 cm³/mol. The highest BCUT2D eigenvalue weighted by Gasteiger charge is 2.55. The quantitative estimate of drug-likeness (QED) is 0.810. The van der Waals surface area contributed by atoms with Gasteiger partial charge >= 0.3 is 6.03 Å². The number of rotatable bonds is 3. The SMILES string of the molecule is Cc1nn(C)c(C)c1NC(=O)CN1C(=O)N[C@]2(CCCC[C@H]2C)C1=O. The van der Waals surface area contributed by atoms with E-state index in [1.165, 1.54) is 0 Å². The van der Waals surface area contributed by atoms with E-state index in [9.17, 15) is 14.4 Å². The molecule has 2 N–H and O–H groups in total. The number of imide groups is 1. The Balaban J connectivity index is 1.73. The number of hydrogen-bond acceptors (Lipinski definition) is 4. The summed E-state index contributed by atoms with van der Waals surface area (Å²) in [6.07, 6.45) is 3.51. The number of carbonyl (C=O) groups is 3. The molecule has 0 aromatic carbocycles. The Bertz CT molecular complexity index is 741. The van der Waals surface area contributed by atoms with E-state index >= 15 is 0 Å². The van der Waals surface area contributed by atoms with Gasteiger partial charge in [-0.1, -0.05) is 19.8 Å². The molecule has 1 aromatic rings. The molecule has 1 aliphatic heterocycles. The Morgan fingerprint density at radius 3 is 2.68 bits per heavy atom. The van der Waals surface area contributed by atoms with Crippen molar-refractivity contribution < 1.29 is 14.4 Å². The highest BCUT2D eigenvalue weighted by Crippen LogP contribution is 2.38. The van der Waals surface area contributed by atoms with Gasteiger partial charge < -0.3 is 10.6 Å². The summed E-state index contributed by atoms with van der Waals surface area (Å²) in [6.45, 7) is 5.35.